The summed E-state index contributed by atoms with van der Waals surface area (Å²) < 4.78 is 6.87. The third kappa shape index (κ3) is 2.37. The highest BCUT2D eigenvalue weighted by atomic mass is 35.5. The normalized spacial score (nSPS) is 12.9. The zero-order valence-corrected chi connectivity index (χ0v) is 10.6. The van der Waals surface area contributed by atoms with E-state index in [0.717, 1.165) is 17.8 Å². The molecule has 5 heteroatoms. The Kier molecular flexibility index (Phi) is 3.54. The van der Waals surface area contributed by atoms with E-state index >= 15 is 0 Å². The lowest BCUT2D eigenvalue weighted by molar-refractivity contribution is 0.148. The number of hydrogen-bond donors (Lipinski definition) is 1. The quantitative estimate of drug-likeness (QED) is 0.912. The number of furan rings is 1. The van der Waals surface area contributed by atoms with Gasteiger partial charge in [-0.25, -0.2) is 0 Å². The van der Waals surface area contributed by atoms with Crippen LogP contribution in [0.5, 0.6) is 0 Å². The van der Waals surface area contributed by atoms with Gasteiger partial charge in [0.15, 0.2) is 0 Å². The summed E-state index contributed by atoms with van der Waals surface area (Å²) in [5.74, 6) is 0.542. The number of rotatable bonds is 4. The summed E-state index contributed by atoms with van der Waals surface area (Å²) in [5, 5.41) is 14.9. The first-order valence-electron chi connectivity index (χ1n) is 5.55. The summed E-state index contributed by atoms with van der Waals surface area (Å²) in [6.45, 7) is 2.00. The number of aromatic nitrogens is 2. The van der Waals surface area contributed by atoms with Crippen LogP contribution in [0.2, 0.25) is 5.02 Å². The van der Waals surface area contributed by atoms with Crippen molar-refractivity contribution in [1.82, 2.24) is 9.78 Å². The van der Waals surface area contributed by atoms with Crippen LogP contribution in [0.1, 0.15) is 30.2 Å². The topological polar surface area (TPSA) is 51.2 Å². The number of aliphatic hydroxyl groups is 1. The Balaban J connectivity index is 2.21. The van der Waals surface area contributed by atoms with Gasteiger partial charge in [-0.1, -0.05) is 18.5 Å². The molecule has 2 rings (SSSR count). The van der Waals surface area contributed by atoms with E-state index < -0.39 is 6.10 Å². The van der Waals surface area contributed by atoms with Gasteiger partial charge in [0.1, 0.15) is 11.9 Å². The van der Waals surface area contributed by atoms with Crippen molar-refractivity contribution in [2.45, 2.75) is 25.9 Å². The third-order valence-electron chi connectivity index (χ3n) is 2.76. The van der Waals surface area contributed by atoms with E-state index in [4.69, 9.17) is 16.0 Å². The van der Waals surface area contributed by atoms with Crippen LogP contribution in [0.25, 0.3) is 0 Å². The first kappa shape index (κ1) is 12.2. The van der Waals surface area contributed by atoms with Crippen LogP contribution in [0.4, 0.5) is 0 Å². The van der Waals surface area contributed by atoms with Gasteiger partial charge in [-0.2, -0.15) is 5.10 Å². The first-order valence-corrected chi connectivity index (χ1v) is 5.93. The van der Waals surface area contributed by atoms with Gasteiger partial charge in [0.2, 0.25) is 0 Å². The highest BCUT2D eigenvalue weighted by molar-refractivity contribution is 6.31. The Morgan fingerprint density at radius 2 is 2.35 bits per heavy atom. The highest BCUT2D eigenvalue weighted by Gasteiger charge is 2.18. The zero-order valence-electron chi connectivity index (χ0n) is 9.85. The Bertz CT molecular complexity index is 491. The summed E-state index contributed by atoms with van der Waals surface area (Å²) >= 11 is 6.21. The fourth-order valence-corrected chi connectivity index (χ4v) is 2.18. The molecule has 2 heterocycles. The second-order valence-electron chi connectivity index (χ2n) is 3.92. The van der Waals surface area contributed by atoms with Crippen LogP contribution in [-0.2, 0) is 19.9 Å². The molecule has 92 valence electrons. The van der Waals surface area contributed by atoms with Gasteiger partial charge < -0.3 is 9.52 Å². The molecule has 1 atom stereocenters. The number of aryl methyl sites for hydroxylation is 2. The predicted octanol–water partition coefficient (Wildman–Crippen LogP) is 2.51. The van der Waals surface area contributed by atoms with Crippen LogP contribution in [0.15, 0.2) is 22.8 Å². The third-order valence-corrected chi connectivity index (χ3v) is 3.20. The van der Waals surface area contributed by atoms with E-state index in [1.165, 1.54) is 0 Å². The van der Waals surface area contributed by atoms with E-state index in [-0.39, 0.29) is 0 Å². The van der Waals surface area contributed by atoms with E-state index in [0.29, 0.717) is 17.2 Å². The molecule has 1 N–H and O–H groups in total. The van der Waals surface area contributed by atoms with Crippen LogP contribution in [-0.4, -0.2) is 14.9 Å². The zero-order chi connectivity index (χ0) is 12.4. The molecule has 0 amide bonds. The Morgan fingerprint density at radius 3 is 2.88 bits per heavy atom. The molecule has 0 spiro atoms. The minimum Gasteiger partial charge on any atom is -0.467 e. The molecule has 0 bridgehead atoms. The Morgan fingerprint density at radius 1 is 1.59 bits per heavy atom. The van der Waals surface area contributed by atoms with Crippen LogP contribution in [0, 0.1) is 0 Å². The lowest BCUT2D eigenvalue weighted by atomic mass is 10.1. The minimum absolute atomic E-state index is 0.399. The van der Waals surface area contributed by atoms with Crippen molar-refractivity contribution in [3.63, 3.8) is 0 Å². The summed E-state index contributed by atoms with van der Waals surface area (Å²) in [4.78, 5) is 0. The molecule has 2 aromatic rings. The van der Waals surface area contributed by atoms with Gasteiger partial charge in [0.05, 0.1) is 22.7 Å². The lowest BCUT2D eigenvalue weighted by Gasteiger charge is -2.08. The molecule has 0 saturated carbocycles. The molecule has 2 aromatic heterocycles. The first-order chi connectivity index (χ1) is 8.13. The smallest absolute Gasteiger partial charge is 0.132 e. The van der Waals surface area contributed by atoms with Crippen molar-refractivity contribution >= 4 is 11.6 Å². The van der Waals surface area contributed by atoms with Crippen molar-refractivity contribution in [2.24, 2.45) is 7.05 Å². The predicted molar refractivity (Wildman–Crippen MR) is 65.0 cm³/mol. The van der Waals surface area contributed by atoms with E-state index in [9.17, 15) is 5.11 Å². The summed E-state index contributed by atoms with van der Waals surface area (Å²) in [5.41, 5.74) is 1.68. The minimum atomic E-state index is -0.692. The Labute approximate surface area is 105 Å². The number of nitrogens with zero attached hydrogens (tertiary/aromatic N) is 2. The van der Waals surface area contributed by atoms with E-state index in [1.54, 1.807) is 23.1 Å². The monoisotopic (exact) mass is 254 g/mol. The molecule has 0 aliphatic heterocycles. The molecule has 0 aliphatic rings. The fraction of sp³-hybridized carbons (Fsp3) is 0.417. The highest BCUT2D eigenvalue weighted by Crippen LogP contribution is 2.26. The van der Waals surface area contributed by atoms with E-state index in [1.807, 2.05) is 14.0 Å². The van der Waals surface area contributed by atoms with Crippen molar-refractivity contribution in [2.75, 3.05) is 0 Å². The van der Waals surface area contributed by atoms with Gasteiger partial charge in [0, 0.05) is 13.5 Å². The van der Waals surface area contributed by atoms with Crippen LogP contribution < -0.4 is 0 Å². The lowest BCUT2D eigenvalue weighted by Crippen LogP contribution is -2.06. The van der Waals surface area contributed by atoms with Gasteiger partial charge in [0.25, 0.3) is 0 Å². The van der Waals surface area contributed by atoms with Crippen molar-refractivity contribution in [3.8, 4) is 0 Å². The second-order valence-corrected chi connectivity index (χ2v) is 4.30. The molecule has 0 aromatic carbocycles. The summed E-state index contributed by atoms with van der Waals surface area (Å²) in [7, 11) is 1.83. The molecular weight excluding hydrogens is 240 g/mol. The SMILES string of the molecule is CCc1nn(C)c(CC(O)c2ccco2)c1Cl. The van der Waals surface area contributed by atoms with Crippen LogP contribution >= 0.6 is 11.6 Å². The molecule has 0 aliphatic carbocycles. The average Bonchev–Trinajstić information content (AvgIpc) is 2.92. The number of hydrogen-bond acceptors (Lipinski definition) is 3. The average molecular weight is 255 g/mol. The summed E-state index contributed by atoms with van der Waals surface area (Å²) in [6, 6.07) is 3.50. The van der Waals surface area contributed by atoms with E-state index in [2.05, 4.69) is 5.10 Å². The second kappa shape index (κ2) is 4.94. The molecular formula is C12H15ClN2O2. The number of halogens is 1. The largest absolute Gasteiger partial charge is 0.467 e. The maximum absolute atomic E-state index is 10.0. The standard InChI is InChI=1S/C12H15ClN2O2/c1-3-8-12(13)9(15(2)14-8)7-10(16)11-5-4-6-17-11/h4-6,10,16H,3,7H2,1-2H3. The maximum atomic E-state index is 10.0. The van der Waals surface area contributed by atoms with Gasteiger partial charge in [-0.15, -0.1) is 0 Å². The molecule has 0 radical (unpaired) electrons. The van der Waals surface area contributed by atoms with Crippen molar-refractivity contribution < 1.29 is 9.52 Å². The van der Waals surface area contributed by atoms with Gasteiger partial charge >= 0.3 is 0 Å². The maximum Gasteiger partial charge on any atom is 0.132 e. The molecule has 0 fully saturated rings. The molecule has 0 saturated heterocycles. The molecule has 4 nitrogen and oxygen atoms in total. The molecule has 17 heavy (non-hydrogen) atoms. The fourth-order valence-electron chi connectivity index (χ4n) is 1.81. The van der Waals surface area contributed by atoms with Crippen LogP contribution in [0.3, 0.4) is 0 Å². The van der Waals surface area contributed by atoms with Crippen molar-refractivity contribution in [1.29, 1.82) is 0 Å². The Hall–Kier alpha value is -1.26. The summed E-state index contributed by atoms with van der Waals surface area (Å²) in [6.07, 6.45) is 2.03. The van der Waals surface area contributed by atoms with Gasteiger partial charge in [-0.05, 0) is 18.6 Å². The van der Waals surface area contributed by atoms with Crippen molar-refractivity contribution in [3.05, 3.63) is 40.6 Å². The van der Waals surface area contributed by atoms with Gasteiger partial charge in [-0.3, -0.25) is 4.68 Å². The molecule has 1 unspecified atom stereocenters. The number of aliphatic hydroxyl groups excluding tert-OH is 1.